The minimum absolute atomic E-state index is 0.0961. The van der Waals surface area contributed by atoms with Crippen LogP contribution in [0.4, 0.5) is 11.5 Å². The molecule has 33 heavy (non-hydrogen) atoms. The van der Waals surface area contributed by atoms with E-state index in [4.69, 9.17) is 33.7 Å². The topological polar surface area (TPSA) is 147 Å². The maximum Gasteiger partial charge on any atom is 0.273 e. The van der Waals surface area contributed by atoms with Crippen molar-refractivity contribution in [1.82, 2.24) is 19.9 Å². The van der Waals surface area contributed by atoms with Crippen LogP contribution in [0.2, 0.25) is 10.0 Å². The molecule has 2 aromatic carbocycles. The lowest BCUT2D eigenvalue weighted by atomic mass is 10.1. The molecule has 0 unspecified atom stereocenters. The number of primary amides is 1. The molecule has 10 nitrogen and oxygen atoms in total. The molecular formula is C20H19Cl2N7O3S. The summed E-state index contributed by atoms with van der Waals surface area (Å²) in [5.74, 6) is -0.541. The summed E-state index contributed by atoms with van der Waals surface area (Å²) in [5.41, 5.74) is 6.63. The van der Waals surface area contributed by atoms with E-state index in [1.165, 1.54) is 0 Å². The number of aromatic nitrogens is 3. The van der Waals surface area contributed by atoms with Crippen molar-refractivity contribution < 1.29 is 13.8 Å². The molecule has 1 aliphatic rings. The molecule has 0 aliphatic carbocycles. The van der Waals surface area contributed by atoms with E-state index in [9.17, 15) is 13.8 Å². The number of nitrogens with two attached hydrogens (primary N) is 1. The predicted octanol–water partition coefficient (Wildman–Crippen LogP) is 2.92. The van der Waals surface area contributed by atoms with Gasteiger partial charge in [-0.1, -0.05) is 29.3 Å². The van der Waals surface area contributed by atoms with E-state index in [0.29, 0.717) is 27.0 Å². The van der Waals surface area contributed by atoms with E-state index >= 15 is 0 Å². The highest BCUT2D eigenvalue weighted by atomic mass is 35.5. The fraction of sp³-hybridized carbons (Fsp3) is 0.200. The molecule has 2 amide bonds. The molecule has 2 heterocycles. The summed E-state index contributed by atoms with van der Waals surface area (Å²) >= 11 is 12.4. The van der Waals surface area contributed by atoms with Gasteiger partial charge in [0.2, 0.25) is 0 Å². The van der Waals surface area contributed by atoms with Crippen molar-refractivity contribution in [3.05, 3.63) is 63.8 Å². The Labute approximate surface area is 199 Å². The van der Waals surface area contributed by atoms with E-state index in [1.807, 2.05) is 0 Å². The number of anilines is 2. The van der Waals surface area contributed by atoms with Crippen LogP contribution < -0.4 is 11.1 Å². The maximum atomic E-state index is 12.7. The Bertz CT molecular complexity index is 1310. The van der Waals surface area contributed by atoms with Gasteiger partial charge in [0.05, 0.1) is 10.0 Å². The van der Waals surface area contributed by atoms with Crippen molar-refractivity contribution in [3.8, 4) is 5.69 Å². The Hall–Kier alpha value is -3.15. The Kier molecular flexibility index (Phi) is 6.28. The third-order valence-corrected chi connectivity index (χ3v) is 7.34. The summed E-state index contributed by atoms with van der Waals surface area (Å²) in [4.78, 5) is 27.3. The van der Waals surface area contributed by atoms with Crippen molar-refractivity contribution in [3.63, 3.8) is 0 Å². The van der Waals surface area contributed by atoms with Crippen LogP contribution >= 0.6 is 23.2 Å². The summed E-state index contributed by atoms with van der Waals surface area (Å²) in [7, 11) is -2.58. The van der Waals surface area contributed by atoms with Gasteiger partial charge < -0.3 is 16.0 Å². The van der Waals surface area contributed by atoms with Gasteiger partial charge in [0.15, 0.2) is 11.5 Å². The third kappa shape index (κ3) is 4.95. The number of para-hydroxylation sites is 1. The Balaban J connectivity index is 1.55. The number of hydrogen-bond acceptors (Lipinski definition) is 7. The lowest BCUT2D eigenvalue weighted by molar-refractivity contribution is 0.0770. The molecule has 0 atom stereocenters. The standard InChI is InChI=1S/C20H19Cl2N7O3S/c21-14-2-1-3-15(22)17(14)29-26-16(18(23)30)19(27-29)25-13-6-4-12(5-7-13)20(31)28-8-10-33(24,32)11-9-28/h1-7,24H,8-11H2,(H2,23,30)(H,25,27). The van der Waals surface area contributed by atoms with E-state index in [2.05, 4.69) is 15.5 Å². The van der Waals surface area contributed by atoms with Crippen LogP contribution in [0.3, 0.4) is 0 Å². The molecule has 3 aromatic rings. The average molecular weight is 508 g/mol. The number of nitrogens with one attached hydrogen (secondary N) is 2. The van der Waals surface area contributed by atoms with Crippen LogP contribution in [-0.2, 0) is 9.73 Å². The van der Waals surface area contributed by atoms with Gasteiger partial charge in [-0.25, -0.2) is 4.21 Å². The first-order valence-electron chi connectivity index (χ1n) is 9.77. The molecule has 1 saturated heterocycles. The minimum atomic E-state index is -2.58. The Morgan fingerprint density at radius 3 is 2.21 bits per heavy atom. The number of halogens is 2. The Morgan fingerprint density at radius 2 is 1.64 bits per heavy atom. The van der Waals surface area contributed by atoms with Crippen LogP contribution in [0, 0.1) is 4.78 Å². The predicted molar refractivity (Wildman–Crippen MR) is 126 cm³/mol. The molecule has 172 valence electrons. The molecule has 1 aliphatic heterocycles. The van der Waals surface area contributed by atoms with Crippen molar-refractivity contribution in [2.24, 2.45) is 5.73 Å². The highest BCUT2D eigenvalue weighted by Crippen LogP contribution is 2.29. The van der Waals surface area contributed by atoms with Gasteiger partial charge >= 0.3 is 0 Å². The number of nitrogens with zero attached hydrogens (tertiary/aromatic N) is 4. The van der Waals surface area contributed by atoms with Gasteiger partial charge in [-0.05, 0) is 36.4 Å². The molecule has 0 saturated carbocycles. The molecule has 13 heteroatoms. The third-order valence-electron chi connectivity index (χ3n) is 5.05. The first-order chi connectivity index (χ1) is 15.6. The molecule has 1 fully saturated rings. The molecular weight excluding hydrogens is 489 g/mol. The SMILES string of the molecule is N=S1(=O)CCN(C(=O)c2ccc(Nc3nn(-c4c(Cl)cccc4Cl)nc3C(N)=O)cc2)CC1. The van der Waals surface area contributed by atoms with Crippen LogP contribution in [0.15, 0.2) is 42.5 Å². The summed E-state index contributed by atoms with van der Waals surface area (Å²) in [6, 6.07) is 11.4. The highest BCUT2D eigenvalue weighted by Gasteiger charge is 2.24. The average Bonchev–Trinajstić information content (AvgIpc) is 3.17. The van der Waals surface area contributed by atoms with E-state index in [1.54, 1.807) is 47.4 Å². The van der Waals surface area contributed by atoms with E-state index in [0.717, 1.165) is 4.80 Å². The minimum Gasteiger partial charge on any atom is -0.364 e. The maximum absolute atomic E-state index is 12.7. The number of amides is 2. The summed E-state index contributed by atoms with van der Waals surface area (Å²) in [6.45, 7) is 0.577. The zero-order valence-electron chi connectivity index (χ0n) is 17.1. The first kappa shape index (κ1) is 23.0. The molecule has 1 aromatic heterocycles. The van der Waals surface area contributed by atoms with Crippen molar-refractivity contribution >= 4 is 56.3 Å². The van der Waals surface area contributed by atoms with Gasteiger partial charge in [0.1, 0.15) is 5.69 Å². The number of benzene rings is 2. The quantitative estimate of drug-likeness (QED) is 0.483. The number of carbonyl (C=O) groups is 2. The fourth-order valence-electron chi connectivity index (χ4n) is 3.28. The lowest BCUT2D eigenvalue weighted by Gasteiger charge is -2.28. The van der Waals surface area contributed by atoms with Gasteiger partial charge in [-0.15, -0.1) is 15.0 Å². The largest absolute Gasteiger partial charge is 0.364 e. The zero-order valence-corrected chi connectivity index (χ0v) is 19.5. The molecule has 0 bridgehead atoms. The van der Waals surface area contributed by atoms with E-state index in [-0.39, 0.29) is 42.0 Å². The van der Waals surface area contributed by atoms with Gasteiger partial charge in [0.25, 0.3) is 11.8 Å². The van der Waals surface area contributed by atoms with Crippen LogP contribution in [0.1, 0.15) is 20.8 Å². The lowest BCUT2D eigenvalue weighted by Crippen LogP contribution is -2.43. The van der Waals surface area contributed by atoms with Crippen molar-refractivity contribution in [2.45, 2.75) is 0 Å². The molecule has 4 N–H and O–H groups in total. The van der Waals surface area contributed by atoms with Crippen LogP contribution in [-0.4, -0.2) is 60.5 Å². The monoisotopic (exact) mass is 507 g/mol. The second-order valence-corrected chi connectivity index (χ2v) is 10.6. The van der Waals surface area contributed by atoms with Crippen LogP contribution in [0.25, 0.3) is 5.69 Å². The van der Waals surface area contributed by atoms with Crippen molar-refractivity contribution in [1.29, 1.82) is 4.78 Å². The fourth-order valence-corrected chi connectivity index (χ4v) is 5.07. The van der Waals surface area contributed by atoms with Crippen molar-refractivity contribution in [2.75, 3.05) is 29.9 Å². The van der Waals surface area contributed by atoms with E-state index < -0.39 is 15.6 Å². The van der Waals surface area contributed by atoms with Gasteiger partial charge in [-0.2, -0.15) is 0 Å². The number of carbonyl (C=O) groups excluding carboxylic acids is 2. The smallest absolute Gasteiger partial charge is 0.273 e. The second-order valence-electron chi connectivity index (χ2n) is 7.34. The van der Waals surface area contributed by atoms with Crippen LogP contribution in [0.5, 0.6) is 0 Å². The normalized spacial score (nSPS) is 15.3. The number of rotatable bonds is 5. The Morgan fingerprint density at radius 1 is 1.03 bits per heavy atom. The van der Waals surface area contributed by atoms with Gasteiger partial charge in [0, 0.05) is 45.6 Å². The summed E-state index contributed by atoms with van der Waals surface area (Å²) in [6.07, 6.45) is 0. The zero-order chi connectivity index (χ0) is 23.8. The summed E-state index contributed by atoms with van der Waals surface area (Å²) < 4.78 is 19.4. The molecule has 0 spiro atoms. The second kappa shape index (κ2) is 9.00. The molecule has 4 rings (SSSR count). The highest BCUT2D eigenvalue weighted by molar-refractivity contribution is 7.92. The number of hydrogen-bond donors (Lipinski definition) is 3. The summed E-state index contributed by atoms with van der Waals surface area (Å²) in [5, 5.41) is 11.9. The first-order valence-corrected chi connectivity index (χ1v) is 12.4. The molecule has 0 radical (unpaired) electrons. The van der Waals surface area contributed by atoms with Gasteiger partial charge in [-0.3, -0.25) is 14.4 Å².